The zero-order valence-corrected chi connectivity index (χ0v) is 20.2. The van der Waals surface area contributed by atoms with Gasteiger partial charge in [0, 0.05) is 36.9 Å². The van der Waals surface area contributed by atoms with E-state index in [1.807, 2.05) is 42.6 Å². The molecular weight excluding hydrogens is 444 g/mol. The van der Waals surface area contributed by atoms with E-state index < -0.39 is 0 Å². The summed E-state index contributed by atoms with van der Waals surface area (Å²) >= 11 is 12.3. The molecule has 8 heteroatoms. The maximum atomic E-state index is 6.47. The Kier molecular flexibility index (Phi) is 6.69. The molecule has 0 saturated carbocycles. The molecule has 1 aliphatic heterocycles. The molecule has 0 radical (unpaired) electrons. The Balaban J connectivity index is 1.84. The Labute approximate surface area is 199 Å². The van der Waals surface area contributed by atoms with E-state index in [4.69, 9.17) is 33.3 Å². The van der Waals surface area contributed by atoms with Crippen LogP contribution in [0.25, 0.3) is 0 Å². The summed E-state index contributed by atoms with van der Waals surface area (Å²) in [5, 5.41) is 4.67. The van der Waals surface area contributed by atoms with Gasteiger partial charge in [0.2, 0.25) is 0 Å². The molecule has 1 aliphatic rings. The van der Waals surface area contributed by atoms with Gasteiger partial charge in [-0.3, -0.25) is 4.98 Å². The van der Waals surface area contributed by atoms with Crippen molar-refractivity contribution in [2.75, 3.05) is 25.7 Å². The number of thiocarbonyl (C=S) groups is 1. The highest BCUT2D eigenvalue weighted by Crippen LogP contribution is 2.44. The topological polar surface area (TPSA) is 51.5 Å². The molecule has 0 bridgehead atoms. The zero-order chi connectivity index (χ0) is 22.8. The Morgan fingerprint density at radius 1 is 1.16 bits per heavy atom. The fourth-order valence-corrected chi connectivity index (χ4v) is 5.01. The van der Waals surface area contributed by atoms with Gasteiger partial charge in [-0.25, -0.2) is 0 Å². The number of aryl methyl sites for hydroxylation is 1. The number of hydrogen-bond acceptors (Lipinski definition) is 4. The molecule has 1 saturated heterocycles. The molecule has 6 nitrogen and oxygen atoms in total. The van der Waals surface area contributed by atoms with Crippen molar-refractivity contribution in [1.82, 2.24) is 14.9 Å². The van der Waals surface area contributed by atoms with Gasteiger partial charge >= 0.3 is 0 Å². The average Bonchev–Trinajstić information content (AvgIpc) is 3.28. The van der Waals surface area contributed by atoms with Gasteiger partial charge in [-0.05, 0) is 68.0 Å². The van der Waals surface area contributed by atoms with Crippen LogP contribution in [0.1, 0.15) is 34.7 Å². The van der Waals surface area contributed by atoms with E-state index in [0.717, 1.165) is 17.9 Å². The lowest BCUT2D eigenvalue weighted by atomic mass is 9.96. The van der Waals surface area contributed by atoms with Crippen LogP contribution in [0.15, 0.2) is 48.7 Å². The number of nitrogens with zero attached hydrogens (tertiary/aromatic N) is 3. The Morgan fingerprint density at radius 3 is 2.62 bits per heavy atom. The molecule has 32 heavy (non-hydrogen) atoms. The second kappa shape index (κ2) is 9.48. The predicted octanol–water partition coefficient (Wildman–Crippen LogP) is 4.99. The molecule has 168 valence electrons. The van der Waals surface area contributed by atoms with Gasteiger partial charge in [-0.15, -0.1) is 0 Å². The van der Waals surface area contributed by atoms with Crippen molar-refractivity contribution in [1.29, 1.82) is 0 Å². The van der Waals surface area contributed by atoms with Gasteiger partial charge in [-0.1, -0.05) is 17.7 Å². The standard InChI is InChI=1S/C24H27ClN4O2S/c1-15-13-18(16(2)28(15)11-12-30-3)23-22(20-7-5-6-10-26-20)27-24(32)29(23)17-8-9-21(31-4)19(25)14-17/h5-10,13-14,22-23H,11-12H2,1-4H3,(H,27,32). The van der Waals surface area contributed by atoms with Crippen LogP contribution < -0.4 is 15.0 Å². The number of nitrogens with one attached hydrogen (secondary N) is 1. The summed E-state index contributed by atoms with van der Waals surface area (Å²) < 4.78 is 13.0. The molecular formula is C24H27ClN4O2S. The monoisotopic (exact) mass is 470 g/mol. The first-order chi connectivity index (χ1) is 15.5. The smallest absolute Gasteiger partial charge is 0.174 e. The molecule has 1 aromatic carbocycles. The molecule has 0 amide bonds. The van der Waals surface area contributed by atoms with E-state index in [9.17, 15) is 0 Å². The van der Waals surface area contributed by atoms with Crippen molar-refractivity contribution >= 4 is 34.6 Å². The zero-order valence-electron chi connectivity index (χ0n) is 18.6. The normalized spacial score (nSPS) is 18.2. The fourth-order valence-electron chi connectivity index (χ4n) is 4.41. The number of rotatable bonds is 7. The first kappa shape index (κ1) is 22.6. The summed E-state index contributed by atoms with van der Waals surface area (Å²) in [6.07, 6.45) is 1.81. The van der Waals surface area contributed by atoms with Crippen LogP contribution in [0.2, 0.25) is 5.02 Å². The molecule has 3 aromatic rings. The molecule has 3 heterocycles. The number of anilines is 1. The summed E-state index contributed by atoms with van der Waals surface area (Å²) in [6, 6.07) is 13.7. The van der Waals surface area contributed by atoms with Crippen LogP contribution in [0.5, 0.6) is 5.75 Å². The third-order valence-corrected chi connectivity index (χ3v) is 6.57. The van der Waals surface area contributed by atoms with Crippen LogP contribution in [0.4, 0.5) is 5.69 Å². The summed E-state index contributed by atoms with van der Waals surface area (Å²) in [7, 11) is 3.33. The lowest BCUT2D eigenvalue weighted by molar-refractivity contribution is 0.186. The highest BCUT2D eigenvalue weighted by atomic mass is 35.5. The summed E-state index contributed by atoms with van der Waals surface area (Å²) in [4.78, 5) is 6.76. The van der Waals surface area contributed by atoms with Gasteiger partial charge in [0.15, 0.2) is 5.11 Å². The number of pyridine rings is 1. The van der Waals surface area contributed by atoms with Crippen molar-refractivity contribution in [2.45, 2.75) is 32.5 Å². The average molecular weight is 471 g/mol. The SMILES string of the molecule is COCCn1c(C)cc(C2C(c3ccccn3)NC(=S)N2c2ccc(OC)c(Cl)c2)c1C. The van der Waals surface area contributed by atoms with E-state index in [0.29, 0.717) is 22.5 Å². The largest absolute Gasteiger partial charge is 0.495 e. The Hall–Kier alpha value is -2.61. The first-order valence-corrected chi connectivity index (χ1v) is 11.2. The number of aromatic nitrogens is 2. The van der Waals surface area contributed by atoms with Gasteiger partial charge in [0.05, 0.1) is 36.5 Å². The Bertz CT molecular complexity index is 1120. The van der Waals surface area contributed by atoms with E-state index in [1.165, 1.54) is 17.0 Å². The summed E-state index contributed by atoms with van der Waals surface area (Å²) in [6.45, 7) is 5.71. The molecule has 2 unspecified atom stereocenters. The van der Waals surface area contributed by atoms with Crippen LogP contribution in [-0.2, 0) is 11.3 Å². The van der Waals surface area contributed by atoms with Crippen molar-refractivity contribution in [3.05, 3.63) is 76.3 Å². The molecule has 0 spiro atoms. The minimum atomic E-state index is -0.110. The molecule has 4 rings (SSSR count). The van der Waals surface area contributed by atoms with E-state index >= 15 is 0 Å². The lowest BCUT2D eigenvalue weighted by Gasteiger charge is -2.28. The molecule has 2 atom stereocenters. The van der Waals surface area contributed by atoms with Gasteiger partial charge < -0.3 is 24.3 Å². The van der Waals surface area contributed by atoms with Crippen LogP contribution in [-0.4, -0.2) is 35.5 Å². The van der Waals surface area contributed by atoms with Crippen molar-refractivity contribution < 1.29 is 9.47 Å². The quantitative estimate of drug-likeness (QED) is 0.491. The van der Waals surface area contributed by atoms with Crippen LogP contribution in [0, 0.1) is 13.8 Å². The molecule has 2 aromatic heterocycles. The molecule has 1 N–H and O–H groups in total. The molecule has 1 fully saturated rings. The maximum Gasteiger partial charge on any atom is 0.174 e. The minimum absolute atomic E-state index is 0.0932. The van der Waals surface area contributed by atoms with Gasteiger partial charge in [0.1, 0.15) is 5.75 Å². The van der Waals surface area contributed by atoms with Crippen molar-refractivity contribution in [2.24, 2.45) is 0 Å². The van der Waals surface area contributed by atoms with Crippen molar-refractivity contribution in [3.8, 4) is 5.75 Å². The maximum absolute atomic E-state index is 6.47. The van der Waals surface area contributed by atoms with Gasteiger partial charge in [0.25, 0.3) is 0 Å². The third kappa shape index (κ3) is 4.08. The second-order valence-corrected chi connectivity index (χ2v) is 8.58. The van der Waals surface area contributed by atoms with Crippen molar-refractivity contribution in [3.63, 3.8) is 0 Å². The minimum Gasteiger partial charge on any atom is -0.495 e. The molecule has 0 aliphatic carbocycles. The van der Waals surface area contributed by atoms with Crippen LogP contribution in [0.3, 0.4) is 0 Å². The number of halogens is 1. The number of benzene rings is 1. The van der Waals surface area contributed by atoms with Gasteiger partial charge in [-0.2, -0.15) is 0 Å². The summed E-state index contributed by atoms with van der Waals surface area (Å²) in [5.41, 5.74) is 5.39. The van der Waals surface area contributed by atoms with Crippen LogP contribution >= 0.6 is 23.8 Å². The lowest BCUT2D eigenvalue weighted by Crippen LogP contribution is -2.29. The summed E-state index contributed by atoms with van der Waals surface area (Å²) in [5.74, 6) is 0.629. The van der Waals surface area contributed by atoms with E-state index in [1.54, 1.807) is 14.2 Å². The number of methoxy groups -OCH3 is 2. The Morgan fingerprint density at radius 2 is 1.97 bits per heavy atom. The number of hydrogen-bond donors (Lipinski definition) is 1. The van der Waals surface area contributed by atoms with E-state index in [2.05, 4.69) is 39.7 Å². The van der Waals surface area contributed by atoms with E-state index in [-0.39, 0.29) is 12.1 Å². The third-order valence-electron chi connectivity index (χ3n) is 5.96. The highest BCUT2D eigenvalue weighted by molar-refractivity contribution is 7.80. The highest BCUT2D eigenvalue weighted by Gasteiger charge is 2.42. The predicted molar refractivity (Wildman–Crippen MR) is 132 cm³/mol. The number of ether oxygens (including phenoxy) is 2. The fraction of sp³-hybridized carbons (Fsp3) is 0.333. The first-order valence-electron chi connectivity index (χ1n) is 10.5. The second-order valence-electron chi connectivity index (χ2n) is 7.79.